The zero-order valence-corrected chi connectivity index (χ0v) is 10.9. The van der Waals surface area contributed by atoms with Crippen molar-refractivity contribution in [2.75, 3.05) is 7.11 Å². The molecule has 0 fully saturated rings. The molecule has 0 N–H and O–H groups in total. The third-order valence-corrected chi connectivity index (χ3v) is 2.83. The molecule has 0 heterocycles. The standard InChI is InChI=1S/C14H22O2/c1-9(2)6-13(15)14(16-5)12-8-10(3)7-11(12)4/h7-10,14H,6H2,1-5H3. The molecule has 0 saturated carbocycles. The molecule has 2 atom stereocenters. The van der Waals surface area contributed by atoms with Gasteiger partial charge in [-0.1, -0.05) is 32.9 Å². The van der Waals surface area contributed by atoms with Gasteiger partial charge in [0.1, 0.15) is 6.10 Å². The molecule has 0 aliphatic heterocycles. The fourth-order valence-corrected chi connectivity index (χ4v) is 2.19. The molecule has 1 aliphatic carbocycles. The molecule has 0 bridgehead atoms. The Hall–Kier alpha value is -0.890. The maximum Gasteiger partial charge on any atom is 0.166 e. The van der Waals surface area contributed by atoms with Crippen molar-refractivity contribution in [1.29, 1.82) is 0 Å². The Morgan fingerprint density at radius 3 is 2.44 bits per heavy atom. The smallest absolute Gasteiger partial charge is 0.166 e. The highest BCUT2D eigenvalue weighted by molar-refractivity contribution is 5.87. The van der Waals surface area contributed by atoms with E-state index in [2.05, 4.69) is 32.9 Å². The van der Waals surface area contributed by atoms with Crippen LogP contribution >= 0.6 is 0 Å². The van der Waals surface area contributed by atoms with Gasteiger partial charge in [-0.25, -0.2) is 0 Å². The third kappa shape index (κ3) is 3.05. The summed E-state index contributed by atoms with van der Waals surface area (Å²) >= 11 is 0. The van der Waals surface area contributed by atoms with Crippen molar-refractivity contribution in [1.82, 2.24) is 0 Å². The number of ketones is 1. The first kappa shape index (κ1) is 13.2. The first-order chi connectivity index (χ1) is 7.45. The normalized spacial score (nSPS) is 22.0. The maximum absolute atomic E-state index is 12.0. The average molecular weight is 222 g/mol. The van der Waals surface area contributed by atoms with Gasteiger partial charge in [0.15, 0.2) is 5.78 Å². The summed E-state index contributed by atoms with van der Waals surface area (Å²) in [5, 5.41) is 0. The summed E-state index contributed by atoms with van der Waals surface area (Å²) in [5.41, 5.74) is 2.23. The van der Waals surface area contributed by atoms with Crippen LogP contribution in [0.15, 0.2) is 23.3 Å². The molecule has 0 aromatic carbocycles. The van der Waals surface area contributed by atoms with Crippen LogP contribution in [0.1, 0.15) is 34.1 Å². The number of carbonyl (C=O) groups excluding carboxylic acids is 1. The highest BCUT2D eigenvalue weighted by Crippen LogP contribution is 2.28. The van der Waals surface area contributed by atoms with E-state index < -0.39 is 0 Å². The van der Waals surface area contributed by atoms with Crippen molar-refractivity contribution in [3.63, 3.8) is 0 Å². The van der Waals surface area contributed by atoms with Gasteiger partial charge in [-0.15, -0.1) is 0 Å². The van der Waals surface area contributed by atoms with E-state index in [0.717, 1.165) is 5.57 Å². The minimum atomic E-state index is -0.372. The van der Waals surface area contributed by atoms with Crippen molar-refractivity contribution in [2.45, 2.75) is 40.2 Å². The highest BCUT2D eigenvalue weighted by Gasteiger charge is 2.26. The van der Waals surface area contributed by atoms with Gasteiger partial charge in [0.2, 0.25) is 0 Å². The van der Waals surface area contributed by atoms with E-state index in [1.807, 2.05) is 6.92 Å². The van der Waals surface area contributed by atoms with E-state index in [4.69, 9.17) is 4.74 Å². The van der Waals surface area contributed by atoms with Gasteiger partial charge in [0, 0.05) is 13.5 Å². The number of hydrogen-bond donors (Lipinski definition) is 0. The minimum absolute atomic E-state index is 0.186. The molecule has 0 radical (unpaired) electrons. The van der Waals surface area contributed by atoms with Crippen LogP contribution in [0.5, 0.6) is 0 Å². The van der Waals surface area contributed by atoms with Crippen molar-refractivity contribution in [3.05, 3.63) is 23.3 Å². The topological polar surface area (TPSA) is 26.3 Å². The predicted molar refractivity (Wildman–Crippen MR) is 66.3 cm³/mol. The number of hydrogen-bond acceptors (Lipinski definition) is 2. The molecule has 0 spiro atoms. The van der Waals surface area contributed by atoms with Gasteiger partial charge in [-0.3, -0.25) is 4.79 Å². The third-order valence-electron chi connectivity index (χ3n) is 2.83. The van der Waals surface area contributed by atoms with Crippen molar-refractivity contribution >= 4 is 5.78 Å². The number of carbonyl (C=O) groups is 1. The first-order valence-corrected chi connectivity index (χ1v) is 5.91. The Bertz CT molecular complexity index is 324. The number of Topliss-reactive ketones (excluding diaryl/α,β-unsaturated/α-hetero) is 1. The van der Waals surface area contributed by atoms with Crippen LogP contribution in [-0.2, 0) is 9.53 Å². The largest absolute Gasteiger partial charge is 0.369 e. The van der Waals surface area contributed by atoms with E-state index in [0.29, 0.717) is 18.3 Å². The molecule has 2 unspecified atom stereocenters. The van der Waals surface area contributed by atoms with Gasteiger partial charge >= 0.3 is 0 Å². The van der Waals surface area contributed by atoms with Gasteiger partial charge in [-0.2, -0.15) is 0 Å². The second-order valence-corrected chi connectivity index (χ2v) is 5.01. The molecule has 90 valence electrons. The Morgan fingerprint density at radius 1 is 1.44 bits per heavy atom. The van der Waals surface area contributed by atoms with Crippen LogP contribution in [0.25, 0.3) is 0 Å². The van der Waals surface area contributed by atoms with Crippen LogP contribution in [-0.4, -0.2) is 19.0 Å². The van der Waals surface area contributed by atoms with Gasteiger partial charge in [-0.05, 0) is 29.9 Å². The molecule has 1 rings (SSSR count). The van der Waals surface area contributed by atoms with Crippen LogP contribution in [0.2, 0.25) is 0 Å². The fourth-order valence-electron chi connectivity index (χ4n) is 2.19. The second kappa shape index (κ2) is 5.44. The van der Waals surface area contributed by atoms with E-state index in [9.17, 15) is 4.79 Å². The summed E-state index contributed by atoms with van der Waals surface area (Å²) < 4.78 is 5.36. The van der Waals surface area contributed by atoms with Crippen molar-refractivity contribution in [2.24, 2.45) is 11.8 Å². The van der Waals surface area contributed by atoms with Crippen LogP contribution in [0, 0.1) is 11.8 Å². The predicted octanol–water partition coefficient (Wildman–Crippen LogP) is 3.14. The molecule has 1 aliphatic rings. The van der Waals surface area contributed by atoms with E-state index in [-0.39, 0.29) is 11.9 Å². The zero-order valence-electron chi connectivity index (χ0n) is 10.9. The molecular formula is C14H22O2. The lowest BCUT2D eigenvalue weighted by atomic mass is 9.96. The van der Waals surface area contributed by atoms with E-state index in [1.54, 1.807) is 7.11 Å². The summed E-state index contributed by atoms with van der Waals surface area (Å²) in [6.45, 7) is 8.28. The quantitative estimate of drug-likeness (QED) is 0.714. The molecule has 0 aromatic heterocycles. The first-order valence-electron chi connectivity index (χ1n) is 5.91. The second-order valence-electron chi connectivity index (χ2n) is 5.01. The summed E-state index contributed by atoms with van der Waals surface area (Å²) in [6, 6.07) is 0. The molecule has 2 heteroatoms. The Morgan fingerprint density at radius 2 is 2.06 bits per heavy atom. The molecule has 2 nitrogen and oxygen atoms in total. The highest BCUT2D eigenvalue weighted by atomic mass is 16.5. The average Bonchev–Trinajstić information content (AvgIpc) is 2.45. The summed E-state index contributed by atoms with van der Waals surface area (Å²) in [6.07, 6.45) is 4.51. The summed E-state index contributed by atoms with van der Waals surface area (Å²) in [7, 11) is 1.61. The van der Waals surface area contributed by atoms with Crippen molar-refractivity contribution in [3.8, 4) is 0 Å². The lowest BCUT2D eigenvalue weighted by molar-refractivity contribution is -0.127. The molecule has 0 amide bonds. The summed E-state index contributed by atoms with van der Waals surface area (Å²) in [5.74, 6) is 0.985. The SMILES string of the molecule is COC(C(=O)CC(C)C)C1=CC(C)C=C1C. The van der Waals surface area contributed by atoms with Gasteiger partial charge in [0.05, 0.1) is 0 Å². The van der Waals surface area contributed by atoms with Gasteiger partial charge < -0.3 is 4.74 Å². The minimum Gasteiger partial charge on any atom is -0.369 e. The Balaban J connectivity index is 2.80. The van der Waals surface area contributed by atoms with Crippen LogP contribution in [0.3, 0.4) is 0 Å². The number of methoxy groups -OCH3 is 1. The lowest BCUT2D eigenvalue weighted by Crippen LogP contribution is -2.26. The number of allylic oxidation sites excluding steroid dienone is 2. The van der Waals surface area contributed by atoms with Crippen molar-refractivity contribution < 1.29 is 9.53 Å². The number of rotatable bonds is 5. The molecule has 0 aromatic rings. The number of ether oxygens (including phenoxy) is 1. The Labute approximate surface area is 98.4 Å². The van der Waals surface area contributed by atoms with E-state index >= 15 is 0 Å². The van der Waals surface area contributed by atoms with Crippen LogP contribution < -0.4 is 0 Å². The Kier molecular flexibility index (Phi) is 4.48. The zero-order chi connectivity index (χ0) is 12.3. The summed E-state index contributed by atoms with van der Waals surface area (Å²) in [4.78, 5) is 12.0. The van der Waals surface area contributed by atoms with E-state index in [1.165, 1.54) is 5.57 Å². The lowest BCUT2D eigenvalue weighted by Gasteiger charge is -2.17. The molecule has 0 saturated heterocycles. The van der Waals surface area contributed by atoms with Gasteiger partial charge in [0.25, 0.3) is 0 Å². The fraction of sp³-hybridized carbons (Fsp3) is 0.643. The molecule has 16 heavy (non-hydrogen) atoms. The molecular weight excluding hydrogens is 200 g/mol. The maximum atomic E-state index is 12.0. The van der Waals surface area contributed by atoms with Crippen LogP contribution in [0.4, 0.5) is 0 Å². The monoisotopic (exact) mass is 222 g/mol.